The number of β-lactam (4-membered cyclic amide) rings is 1. The number of carbonyl (C=O) groups excluding carboxylic acids is 4. The molecule has 1 aromatic carbocycles. The molecule has 5 rings (SSSR count). The molecule has 0 spiro atoms. The summed E-state index contributed by atoms with van der Waals surface area (Å²) in [6.45, 7) is -0.195. The Balaban J connectivity index is 1.25. The number of nitro benzene ring substituents is 1. The molecular weight excluding hydrogens is 588 g/mol. The predicted octanol–water partition coefficient (Wildman–Crippen LogP) is 2.10. The minimum absolute atomic E-state index is 0.101. The van der Waals surface area contributed by atoms with Crippen LogP contribution in [0.1, 0.15) is 24.1 Å². The number of esters is 1. The number of nitrogens with one attached hydrogen (secondary N) is 2. The first kappa shape index (κ1) is 27.5. The molecule has 0 radical (unpaired) electrons. The molecular formula is C23H19ClN6O8S2. The minimum atomic E-state index is -0.989. The Morgan fingerprint density at radius 1 is 1.30 bits per heavy atom. The van der Waals surface area contributed by atoms with Gasteiger partial charge in [0.2, 0.25) is 6.41 Å². The van der Waals surface area contributed by atoms with Gasteiger partial charge in [-0.25, -0.2) is 9.78 Å². The third-order valence-corrected chi connectivity index (χ3v) is 8.41. The summed E-state index contributed by atoms with van der Waals surface area (Å²) in [5.41, 5.74) is 0.271. The predicted molar refractivity (Wildman–Crippen MR) is 143 cm³/mol. The number of hydrogen-bond acceptors (Lipinski definition) is 12. The van der Waals surface area contributed by atoms with E-state index in [0.29, 0.717) is 12.0 Å². The number of nitro groups is 1. The summed E-state index contributed by atoms with van der Waals surface area (Å²) in [5, 5.41) is 21.1. The van der Waals surface area contributed by atoms with E-state index in [-0.39, 0.29) is 51.4 Å². The molecule has 1 aromatic heterocycles. The van der Waals surface area contributed by atoms with Crippen LogP contribution in [0.5, 0.6) is 0 Å². The van der Waals surface area contributed by atoms with E-state index in [4.69, 9.17) is 21.2 Å². The highest BCUT2D eigenvalue weighted by molar-refractivity contribution is 8.00. The Morgan fingerprint density at radius 3 is 2.73 bits per heavy atom. The molecule has 208 valence electrons. The first-order valence-corrected chi connectivity index (χ1v) is 14.0. The smallest absolute Gasteiger partial charge is 0.356 e. The van der Waals surface area contributed by atoms with Gasteiger partial charge in [0, 0.05) is 23.3 Å². The molecule has 1 saturated carbocycles. The lowest BCUT2D eigenvalue weighted by atomic mass is 10.0. The molecule has 3 amide bonds. The summed E-state index contributed by atoms with van der Waals surface area (Å²) < 4.78 is 5.32. The number of hydrogen-bond donors (Lipinski definition) is 2. The van der Waals surface area contributed by atoms with Crippen LogP contribution >= 0.6 is 34.7 Å². The molecule has 40 heavy (non-hydrogen) atoms. The molecule has 2 aliphatic heterocycles. The second-order valence-corrected chi connectivity index (χ2v) is 11.1. The Kier molecular flexibility index (Phi) is 7.99. The van der Waals surface area contributed by atoms with E-state index in [0.717, 1.165) is 24.2 Å². The zero-order chi connectivity index (χ0) is 28.4. The largest absolute Gasteiger partial charge is 0.456 e. The molecule has 14 nitrogen and oxygen atoms in total. The summed E-state index contributed by atoms with van der Waals surface area (Å²) in [7, 11) is 0. The monoisotopic (exact) mass is 606 g/mol. The first-order chi connectivity index (χ1) is 19.3. The van der Waals surface area contributed by atoms with Crippen molar-refractivity contribution in [3.05, 3.63) is 61.7 Å². The lowest BCUT2D eigenvalue weighted by Crippen LogP contribution is -2.71. The molecule has 3 aliphatic rings. The number of anilines is 1. The van der Waals surface area contributed by atoms with Crippen molar-refractivity contribution in [3.8, 4) is 0 Å². The molecule has 2 N–H and O–H groups in total. The summed E-state index contributed by atoms with van der Waals surface area (Å²) in [6, 6.07) is 4.49. The molecule has 0 bridgehead atoms. The number of fused-ring (bicyclic) bond motifs is 1. The zero-order valence-electron chi connectivity index (χ0n) is 20.3. The number of non-ortho nitro benzene ring substituents is 1. The van der Waals surface area contributed by atoms with E-state index in [1.54, 1.807) is 0 Å². The Hall–Kier alpha value is -4.02. The molecule has 1 aliphatic carbocycles. The molecule has 2 fully saturated rings. The Morgan fingerprint density at radius 2 is 2.05 bits per heavy atom. The number of thioether (sulfide) groups is 1. The summed E-state index contributed by atoms with van der Waals surface area (Å²) in [6.07, 6.45) is 1.96. The number of rotatable bonds is 11. The summed E-state index contributed by atoms with van der Waals surface area (Å²) in [5.74, 6) is -1.94. The van der Waals surface area contributed by atoms with Crippen LogP contribution in [-0.2, 0) is 35.4 Å². The van der Waals surface area contributed by atoms with Crippen molar-refractivity contribution in [1.82, 2.24) is 15.2 Å². The Bertz CT molecular complexity index is 1440. The summed E-state index contributed by atoms with van der Waals surface area (Å²) in [4.78, 5) is 70.8. The van der Waals surface area contributed by atoms with E-state index in [2.05, 4.69) is 20.8 Å². The molecule has 1 saturated heterocycles. The number of amides is 3. The molecule has 17 heteroatoms. The quantitative estimate of drug-likeness (QED) is 0.0959. The third kappa shape index (κ3) is 5.78. The molecule has 2 atom stereocenters. The van der Waals surface area contributed by atoms with Gasteiger partial charge in [0.1, 0.15) is 35.5 Å². The number of carbonyl (C=O) groups is 4. The van der Waals surface area contributed by atoms with Gasteiger partial charge in [-0.15, -0.1) is 23.1 Å². The third-order valence-electron chi connectivity index (χ3n) is 5.88. The zero-order valence-corrected chi connectivity index (χ0v) is 22.7. The fraction of sp³-hybridized carbons (Fsp3) is 0.304. The topological polar surface area (TPSA) is 182 Å². The average molecular weight is 607 g/mol. The maximum atomic E-state index is 13.2. The second-order valence-electron chi connectivity index (χ2n) is 8.66. The van der Waals surface area contributed by atoms with E-state index >= 15 is 0 Å². The van der Waals surface area contributed by atoms with Gasteiger partial charge in [0.05, 0.1) is 9.96 Å². The van der Waals surface area contributed by atoms with Gasteiger partial charge in [-0.1, -0.05) is 16.8 Å². The van der Waals surface area contributed by atoms with Crippen LogP contribution in [0.2, 0.25) is 0 Å². The van der Waals surface area contributed by atoms with E-state index in [1.807, 2.05) is 0 Å². The van der Waals surface area contributed by atoms with Gasteiger partial charge in [0.15, 0.2) is 10.8 Å². The van der Waals surface area contributed by atoms with Crippen LogP contribution in [0.3, 0.4) is 0 Å². The lowest BCUT2D eigenvalue weighted by molar-refractivity contribution is -0.384. The van der Waals surface area contributed by atoms with E-state index < -0.39 is 34.1 Å². The van der Waals surface area contributed by atoms with Crippen molar-refractivity contribution in [3.63, 3.8) is 0 Å². The number of halogens is 1. The van der Waals surface area contributed by atoms with Crippen molar-refractivity contribution in [2.75, 3.05) is 11.1 Å². The highest BCUT2D eigenvalue weighted by Crippen LogP contribution is 2.41. The number of oxime groups is 1. The van der Waals surface area contributed by atoms with Crippen LogP contribution in [0, 0.1) is 10.1 Å². The standard InChI is InChI=1S/C23H19ClN6O8S2/c24-14-8-39-21-17(27-19(32)16(28-38-13-5-6-13)15-9-40-23(26-15)25-10-31)20(33)29(21)18(14)22(34)37-7-11-1-3-12(4-2-11)30(35)36/h1-4,9-10,13,17,21H,5-8H2,(H,27,32)(H,25,26,31)/b28-16-/t17-,21-/m1/s1. The number of benzene rings is 1. The molecule has 3 heterocycles. The molecule has 0 unspecified atom stereocenters. The SMILES string of the molecule is O=CNc1nc(/C(=N/OC2CC2)C(=O)N[C@@H]2C(=O)N3C(C(=O)OCc4ccc([N+](=O)[O-])cc4)=C(Cl)CS[C@H]23)cs1. The van der Waals surface area contributed by atoms with Crippen molar-refractivity contribution >= 4 is 75.4 Å². The summed E-state index contributed by atoms with van der Waals surface area (Å²) >= 11 is 8.63. The van der Waals surface area contributed by atoms with Crippen LogP contribution in [0.25, 0.3) is 0 Å². The lowest BCUT2D eigenvalue weighted by Gasteiger charge is -2.49. The Labute approximate surface area is 238 Å². The van der Waals surface area contributed by atoms with Crippen LogP contribution in [0.4, 0.5) is 10.8 Å². The average Bonchev–Trinajstić information content (AvgIpc) is 3.66. The van der Waals surface area contributed by atoms with Crippen LogP contribution in [0.15, 0.2) is 45.5 Å². The van der Waals surface area contributed by atoms with E-state index in [9.17, 15) is 29.3 Å². The highest BCUT2D eigenvalue weighted by Gasteiger charge is 2.54. The van der Waals surface area contributed by atoms with Gasteiger partial charge in [-0.2, -0.15) is 0 Å². The van der Waals surface area contributed by atoms with Crippen LogP contribution < -0.4 is 10.6 Å². The van der Waals surface area contributed by atoms with Crippen molar-refractivity contribution < 1.29 is 33.7 Å². The molecule has 2 aromatic rings. The van der Waals surface area contributed by atoms with Gasteiger partial charge in [-0.05, 0) is 30.5 Å². The van der Waals surface area contributed by atoms with Gasteiger partial charge < -0.3 is 20.2 Å². The minimum Gasteiger partial charge on any atom is -0.456 e. The fourth-order valence-electron chi connectivity index (χ4n) is 3.72. The van der Waals surface area contributed by atoms with Crippen molar-refractivity contribution in [2.45, 2.75) is 37.0 Å². The first-order valence-electron chi connectivity index (χ1n) is 11.7. The highest BCUT2D eigenvalue weighted by atomic mass is 35.5. The van der Waals surface area contributed by atoms with E-state index in [1.165, 1.54) is 46.3 Å². The number of aromatic nitrogens is 1. The van der Waals surface area contributed by atoms with Gasteiger partial charge in [0.25, 0.3) is 17.5 Å². The van der Waals surface area contributed by atoms with Crippen molar-refractivity contribution in [1.29, 1.82) is 0 Å². The van der Waals surface area contributed by atoms with Gasteiger partial charge in [-0.3, -0.25) is 29.4 Å². The van der Waals surface area contributed by atoms with Crippen LogP contribution in [-0.4, -0.2) is 68.0 Å². The van der Waals surface area contributed by atoms with Crippen molar-refractivity contribution in [2.24, 2.45) is 5.16 Å². The number of thiazole rings is 1. The maximum absolute atomic E-state index is 13.2. The van der Waals surface area contributed by atoms with Gasteiger partial charge >= 0.3 is 5.97 Å². The normalized spacial score (nSPS) is 20.3. The maximum Gasteiger partial charge on any atom is 0.356 e. The number of ether oxygens (including phenoxy) is 1. The number of nitrogens with zero attached hydrogens (tertiary/aromatic N) is 4. The fourth-order valence-corrected chi connectivity index (χ4v) is 5.92. The second kappa shape index (κ2) is 11.6.